The topological polar surface area (TPSA) is 55.9 Å². The van der Waals surface area contributed by atoms with Crippen molar-refractivity contribution in [2.24, 2.45) is 12.8 Å². The predicted molar refractivity (Wildman–Crippen MR) is 114 cm³/mol. The average molecular weight is 420 g/mol. The fourth-order valence-corrected chi connectivity index (χ4v) is 3.96. The first kappa shape index (κ1) is 23.3. The molecule has 1 heterocycles. The monoisotopic (exact) mass is 418 g/mol. The smallest absolute Gasteiger partial charge is 0.0765 e. The van der Waals surface area contributed by atoms with E-state index < -0.39 is 0 Å². The first-order valence-electron chi connectivity index (χ1n) is 8.71. The summed E-state index contributed by atoms with van der Waals surface area (Å²) in [5.41, 5.74) is 9.84. The molecule has 4 nitrogen and oxygen atoms in total. The fourth-order valence-electron chi connectivity index (χ4n) is 3.77. The Kier molecular flexibility index (Phi) is 8.90. The molecule has 26 heavy (non-hydrogen) atoms. The lowest BCUT2D eigenvalue weighted by molar-refractivity contribution is 0.250. The zero-order valence-electron chi connectivity index (χ0n) is 15.4. The van der Waals surface area contributed by atoms with Crippen LogP contribution in [0.15, 0.2) is 30.3 Å². The summed E-state index contributed by atoms with van der Waals surface area (Å²) in [6.45, 7) is 3.59. The molecule has 2 aromatic rings. The molecular formula is C19H29Cl3N4. The SMILES string of the molecule is Cc1cc(CNC2CCC(CN)(c3cccc(Cl)c3)CC2)nn1C.Cl.Cl. The second-order valence-corrected chi connectivity index (χ2v) is 7.49. The van der Waals surface area contributed by atoms with Crippen LogP contribution < -0.4 is 11.1 Å². The molecule has 0 atom stereocenters. The number of aromatic nitrogens is 2. The molecule has 0 amide bonds. The normalized spacial score (nSPS) is 22.4. The van der Waals surface area contributed by atoms with Gasteiger partial charge in [0.25, 0.3) is 0 Å². The van der Waals surface area contributed by atoms with Crippen molar-refractivity contribution in [2.45, 2.75) is 50.6 Å². The van der Waals surface area contributed by atoms with E-state index in [1.165, 1.54) is 11.3 Å². The van der Waals surface area contributed by atoms with Crippen LogP contribution in [0, 0.1) is 6.92 Å². The van der Waals surface area contributed by atoms with E-state index in [1.807, 2.05) is 23.9 Å². The van der Waals surface area contributed by atoms with Crippen molar-refractivity contribution in [1.29, 1.82) is 0 Å². The molecule has 1 aliphatic carbocycles. The van der Waals surface area contributed by atoms with Gasteiger partial charge in [-0.25, -0.2) is 0 Å². The number of halogens is 3. The minimum Gasteiger partial charge on any atom is -0.330 e. The third-order valence-corrected chi connectivity index (χ3v) is 5.74. The van der Waals surface area contributed by atoms with Crippen LogP contribution in [0.1, 0.15) is 42.6 Å². The Morgan fingerprint density at radius 2 is 1.96 bits per heavy atom. The van der Waals surface area contributed by atoms with E-state index in [0.29, 0.717) is 12.6 Å². The number of nitrogens with one attached hydrogen (secondary N) is 1. The molecule has 0 unspecified atom stereocenters. The lowest BCUT2D eigenvalue weighted by Gasteiger charge is -2.40. The zero-order valence-corrected chi connectivity index (χ0v) is 17.8. The molecule has 0 radical (unpaired) electrons. The zero-order chi connectivity index (χ0) is 17.2. The van der Waals surface area contributed by atoms with E-state index in [1.54, 1.807) is 0 Å². The standard InChI is InChI=1S/C19H27ClN4.2ClH/c1-14-10-18(23-24(14)2)12-22-17-6-8-19(13-21,9-7-17)15-4-3-5-16(20)11-15;;/h3-5,10-11,17,22H,6-9,12-13,21H2,1-2H3;2*1H. The summed E-state index contributed by atoms with van der Waals surface area (Å²) in [4.78, 5) is 0. The quantitative estimate of drug-likeness (QED) is 0.765. The molecule has 3 N–H and O–H groups in total. The van der Waals surface area contributed by atoms with E-state index in [4.69, 9.17) is 17.3 Å². The molecule has 1 aromatic carbocycles. The van der Waals surface area contributed by atoms with E-state index in [-0.39, 0.29) is 30.2 Å². The van der Waals surface area contributed by atoms with Gasteiger partial charge in [-0.2, -0.15) is 5.10 Å². The van der Waals surface area contributed by atoms with Gasteiger partial charge >= 0.3 is 0 Å². The van der Waals surface area contributed by atoms with Gasteiger partial charge < -0.3 is 11.1 Å². The van der Waals surface area contributed by atoms with Gasteiger partial charge in [-0.15, -0.1) is 24.8 Å². The Morgan fingerprint density at radius 3 is 2.50 bits per heavy atom. The van der Waals surface area contributed by atoms with Crippen molar-refractivity contribution >= 4 is 36.4 Å². The first-order chi connectivity index (χ1) is 11.5. The van der Waals surface area contributed by atoms with Crippen molar-refractivity contribution in [2.75, 3.05) is 6.54 Å². The van der Waals surface area contributed by atoms with Crippen LogP contribution in [0.25, 0.3) is 0 Å². The van der Waals surface area contributed by atoms with Crippen molar-refractivity contribution in [3.8, 4) is 0 Å². The summed E-state index contributed by atoms with van der Waals surface area (Å²) in [6.07, 6.45) is 4.47. The van der Waals surface area contributed by atoms with Gasteiger partial charge in [-0.1, -0.05) is 23.7 Å². The van der Waals surface area contributed by atoms with Crippen LogP contribution in [-0.2, 0) is 19.0 Å². The minimum atomic E-state index is 0. The third kappa shape index (κ3) is 5.14. The molecule has 1 aromatic heterocycles. The molecule has 1 aliphatic rings. The molecule has 0 aliphatic heterocycles. The molecule has 7 heteroatoms. The van der Waals surface area contributed by atoms with E-state index in [0.717, 1.165) is 42.9 Å². The van der Waals surface area contributed by atoms with Gasteiger partial charge in [0.1, 0.15) is 0 Å². The van der Waals surface area contributed by atoms with Crippen LogP contribution in [-0.4, -0.2) is 22.4 Å². The number of nitrogens with two attached hydrogens (primary N) is 1. The number of hydrogen-bond acceptors (Lipinski definition) is 3. The van der Waals surface area contributed by atoms with E-state index in [9.17, 15) is 0 Å². The molecule has 1 fully saturated rings. The number of aryl methyl sites for hydroxylation is 2. The Bertz CT molecular complexity index is 674. The number of benzene rings is 1. The van der Waals surface area contributed by atoms with Gasteiger partial charge in [0.05, 0.1) is 5.69 Å². The highest BCUT2D eigenvalue weighted by Gasteiger charge is 2.35. The van der Waals surface area contributed by atoms with Crippen molar-refractivity contribution < 1.29 is 0 Å². The summed E-state index contributed by atoms with van der Waals surface area (Å²) in [6, 6.07) is 10.9. The Morgan fingerprint density at radius 1 is 1.27 bits per heavy atom. The second kappa shape index (κ2) is 9.95. The van der Waals surface area contributed by atoms with Crippen molar-refractivity contribution in [1.82, 2.24) is 15.1 Å². The van der Waals surface area contributed by atoms with Crippen LogP contribution in [0.4, 0.5) is 0 Å². The highest BCUT2D eigenvalue weighted by Crippen LogP contribution is 2.39. The maximum Gasteiger partial charge on any atom is 0.0765 e. The largest absolute Gasteiger partial charge is 0.330 e. The molecule has 0 spiro atoms. The average Bonchev–Trinajstić information content (AvgIpc) is 2.92. The van der Waals surface area contributed by atoms with Crippen LogP contribution in [0.3, 0.4) is 0 Å². The van der Waals surface area contributed by atoms with E-state index >= 15 is 0 Å². The highest BCUT2D eigenvalue weighted by atomic mass is 35.5. The van der Waals surface area contributed by atoms with Crippen LogP contribution in [0.2, 0.25) is 5.02 Å². The molecule has 146 valence electrons. The predicted octanol–water partition coefficient (Wildman–Crippen LogP) is 4.15. The lowest BCUT2D eigenvalue weighted by Crippen LogP contribution is -2.43. The maximum atomic E-state index is 6.18. The third-order valence-electron chi connectivity index (χ3n) is 5.51. The lowest BCUT2D eigenvalue weighted by atomic mass is 9.68. The maximum absolute atomic E-state index is 6.18. The summed E-state index contributed by atoms with van der Waals surface area (Å²) in [5.74, 6) is 0. The van der Waals surface area contributed by atoms with Crippen LogP contribution >= 0.6 is 36.4 Å². The molecule has 1 saturated carbocycles. The number of nitrogens with zero attached hydrogens (tertiary/aromatic N) is 2. The second-order valence-electron chi connectivity index (χ2n) is 7.05. The summed E-state index contributed by atoms with van der Waals surface area (Å²) in [7, 11) is 1.99. The van der Waals surface area contributed by atoms with Gasteiger partial charge in [0.15, 0.2) is 0 Å². The number of rotatable bonds is 5. The Labute approximate surface area is 173 Å². The summed E-state index contributed by atoms with van der Waals surface area (Å²) in [5, 5.41) is 8.97. The van der Waals surface area contributed by atoms with Gasteiger partial charge in [-0.05, 0) is 56.4 Å². The van der Waals surface area contributed by atoms with Crippen LogP contribution in [0.5, 0.6) is 0 Å². The van der Waals surface area contributed by atoms with E-state index in [2.05, 4.69) is 35.5 Å². The van der Waals surface area contributed by atoms with Gasteiger partial charge in [0.2, 0.25) is 0 Å². The molecule has 0 bridgehead atoms. The van der Waals surface area contributed by atoms with Gasteiger partial charge in [0, 0.05) is 42.3 Å². The molecule has 0 saturated heterocycles. The minimum absolute atomic E-state index is 0. The summed E-state index contributed by atoms with van der Waals surface area (Å²) < 4.78 is 1.93. The Hall–Kier alpha value is -0.780. The van der Waals surface area contributed by atoms with Gasteiger partial charge in [-0.3, -0.25) is 4.68 Å². The van der Waals surface area contributed by atoms with Crippen molar-refractivity contribution in [3.05, 3.63) is 52.3 Å². The highest BCUT2D eigenvalue weighted by molar-refractivity contribution is 6.30. The Balaban J connectivity index is 0.00000169. The first-order valence-corrected chi connectivity index (χ1v) is 9.09. The molecular weight excluding hydrogens is 391 g/mol. The number of hydrogen-bond donors (Lipinski definition) is 2. The molecule has 3 rings (SSSR count). The fraction of sp³-hybridized carbons (Fsp3) is 0.526. The summed E-state index contributed by atoms with van der Waals surface area (Å²) >= 11 is 6.18. The van der Waals surface area contributed by atoms with Crippen molar-refractivity contribution in [3.63, 3.8) is 0 Å².